The van der Waals surface area contributed by atoms with Crippen molar-refractivity contribution in [3.05, 3.63) is 33.8 Å². The second-order valence-electron chi connectivity index (χ2n) is 6.66. The molecule has 0 amide bonds. The maximum absolute atomic E-state index is 6.28. The van der Waals surface area contributed by atoms with E-state index in [0.717, 1.165) is 32.5 Å². The lowest BCUT2D eigenvalue weighted by atomic mass is 9.76. The number of hydrogen-bond acceptors (Lipinski definition) is 3. The Bertz CT molecular complexity index is 505. The van der Waals surface area contributed by atoms with E-state index in [4.69, 9.17) is 5.73 Å². The van der Waals surface area contributed by atoms with Gasteiger partial charge in [0.05, 0.1) is 0 Å². The van der Waals surface area contributed by atoms with Crippen LogP contribution in [0.2, 0.25) is 0 Å². The van der Waals surface area contributed by atoms with Crippen molar-refractivity contribution in [1.82, 2.24) is 9.80 Å². The summed E-state index contributed by atoms with van der Waals surface area (Å²) in [4.78, 5) is 5.12. The Morgan fingerprint density at radius 2 is 2.05 bits per heavy atom. The van der Waals surface area contributed by atoms with Crippen LogP contribution in [-0.4, -0.2) is 55.1 Å². The average Bonchev–Trinajstić information content (AvgIpc) is 2.72. The minimum Gasteiger partial charge on any atom is -0.329 e. The maximum atomic E-state index is 6.28. The van der Waals surface area contributed by atoms with E-state index < -0.39 is 0 Å². The number of hydrogen-bond donors (Lipinski definition) is 1. The molecule has 1 heterocycles. The van der Waals surface area contributed by atoms with Gasteiger partial charge in [0.2, 0.25) is 0 Å². The summed E-state index contributed by atoms with van der Waals surface area (Å²) in [6, 6.07) is 6.74. The molecule has 1 fully saturated rings. The second kappa shape index (κ2) is 6.37. The number of nitrogens with two attached hydrogens (primary N) is 1. The molecule has 4 heteroatoms. The number of nitrogens with zero attached hydrogens (tertiary/aromatic N) is 2. The molecule has 21 heavy (non-hydrogen) atoms. The molecule has 1 atom stereocenters. The molecule has 1 unspecified atom stereocenters. The van der Waals surface area contributed by atoms with Crippen LogP contribution in [0.15, 0.2) is 22.7 Å². The molecule has 2 aliphatic rings. The van der Waals surface area contributed by atoms with Crippen LogP contribution in [0.25, 0.3) is 0 Å². The summed E-state index contributed by atoms with van der Waals surface area (Å²) in [5.74, 6) is 0. The molecule has 1 aromatic rings. The van der Waals surface area contributed by atoms with E-state index in [0.29, 0.717) is 0 Å². The molecule has 0 saturated carbocycles. The van der Waals surface area contributed by atoms with Gasteiger partial charge in [-0.15, -0.1) is 0 Å². The predicted octanol–water partition coefficient (Wildman–Crippen LogP) is 2.27. The average molecular weight is 352 g/mol. The van der Waals surface area contributed by atoms with Gasteiger partial charge in [0.25, 0.3) is 0 Å². The summed E-state index contributed by atoms with van der Waals surface area (Å²) in [5, 5.41) is 0. The third-order valence-corrected chi connectivity index (χ3v) is 5.81. The number of fused-ring (bicyclic) bond motifs is 1. The fraction of sp³-hybridized carbons (Fsp3) is 0.647. The van der Waals surface area contributed by atoms with Crippen LogP contribution in [0, 0.1) is 0 Å². The first-order valence-electron chi connectivity index (χ1n) is 8.04. The van der Waals surface area contributed by atoms with E-state index in [9.17, 15) is 0 Å². The summed E-state index contributed by atoms with van der Waals surface area (Å²) >= 11 is 3.59. The van der Waals surface area contributed by atoms with Crippen molar-refractivity contribution in [2.24, 2.45) is 5.73 Å². The van der Waals surface area contributed by atoms with Gasteiger partial charge in [-0.05, 0) is 62.5 Å². The molecule has 116 valence electrons. The van der Waals surface area contributed by atoms with Crippen molar-refractivity contribution in [2.75, 3.05) is 39.8 Å². The Morgan fingerprint density at radius 1 is 1.19 bits per heavy atom. The molecule has 2 N–H and O–H groups in total. The monoisotopic (exact) mass is 351 g/mol. The Hall–Kier alpha value is -0.420. The van der Waals surface area contributed by atoms with Crippen LogP contribution in [0.4, 0.5) is 0 Å². The summed E-state index contributed by atoms with van der Waals surface area (Å²) < 4.78 is 1.19. The first-order chi connectivity index (χ1) is 10.1. The van der Waals surface area contributed by atoms with Crippen molar-refractivity contribution < 1.29 is 0 Å². The van der Waals surface area contributed by atoms with Gasteiger partial charge >= 0.3 is 0 Å². The summed E-state index contributed by atoms with van der Waals surface area (Å²) in [6.45, 7) is 5.48. The van der Waals surface area contributed by atoms with Crippen molar-refractivity contribution >= 4 is 15.9 Å². The van der Waals surface area contributed by atoms with Gasteiger partial charge in [-0.25, -0.2) is 0 Å². The minimum absolute atomic E-state index is 0.173. The van der Waals surface area contributed by atoms with Crippen LogP contribution >= 0.6 is 15.9 Å². The van der Waals surface area contributed by atoms with Gasteiger partial charge in [-0.2, -0.15) is 0 Å². The number of halogens is 1. The largest absolute Gasteiger partial charge is 0.329 e. The van der Waals surface area contributed by atoms with Crippen LogP contribution in [-0.2, 0) is 12.8 Å². The van der Waals surface area contributed by atoms with Crippen molar-refractivity contribution in [2.45, 2.75) is 31.2 Å². The standard InChI is InChI=1S/C17H26BrN3/c1-20-7-2-8-21(10-9-20)17(13-19)6-5-14-11-16(18)4-3-15(14)12-17/h3-4,11H,2,5-10,12-13,19H2,1H3. The molecule has 0 aromatic heterocycles. The molecular weight excluding hydrogens is 326 g/mol. The van der Waals surface area contributed by atoms with E-state index in [1.807, 2.05) is 0 Å². The third kappa shape index (κ3) is 3.19. The predicted molar refractivity (Wildman–Crippen MR) is 91.6 cm³/mol. The molecule has 0 spiro atoms. The third-order valence-electron chi connectivity index (χ3n) is 5.32. The van der Waals surface area contributed by atoms with E-state index in [-0.39, 0.29) is 5.54 Å². The lowest BCUT2D eigenvalue weighted by Gasteiger charge is -2.46. The van der Waals surface area contributed by atoms with Crippen LogP contribution in [0.1, 0.15) is 24.0 Å². The molecular formula is C17H26BrN3. The lowest BCUT2D eigenvalue weighted by molar-refractivity contribution is 0.0836. The topological polar surface area (TPSA) is 32.5 Å². The molecule has 3 rings (SSSR count). The summed E-state index contributed by atoms with van der Waals surface area (Å²) in [6.07, 6.45) is 4.70. The number of benzene rings is 1. The zero-order valence-corrected chi connectivity index (χ0v) is 14.5. The fourth-order valence-corrected chi connectivity index (χ4v) is 4.31. The number of likely N-dealkylation sites (N-methyl/N-ethyl adjacent to an activating group) is 1. The highest BCUT2D eigenvalue weighted by Gasteiger charge is 2.38. The highest BCUT2D eigenvalue weighted by molar-refractivity contribution is 9.10. The van der Waals surface area contributed by atoms with E-state index >= 15 is 0 Å². The maximum Gasteiger partial charge on any atom is 0.0375 e. The SMILES string of the molecule is CN1CCCN(C2(CN)CCc3cc(Br)ccc3C2)CC1. The van der Waals surface area contributed by atoms with E-state index in [1.165, 1.54) is 41.5 Å². The lowest BCUT2D eigenvalue weighted by Crippen LogP contribution is -2.58. The second-order valence-corrected chi connectivity index (χ2v) is 7.58. The summed E-state index contributed by atoms with van der Waals surface area (Å²) in [5.41, 5.74) is 9.44. The van der Waals surface area contributed by atoms with Crippen molar-refractivity contribution in [3.8, 4) is 0 Å². The van der Waals surface area contributed by atoms with Crippen LogP contribution in [0.3, 0.4) is 0 Å². The van der Waals surface area contributed by atoms with Crippen molar-refractivity contribution in [3.63, 3.8) is 0 Å². The number of rotatable bonds is 2. The van der Waals surface area contributed by atoms with Gasteiger partial charge in [0, 0.05) is 36.2 Å². The molecule has 0 bridgehead atoms. The first kappa shape index (κ1) is 15.5. The van der Waals surface area contributed by atoms with Crippen LogP contribution in [0.5, 0.6) is 0 Å². The quantitative estimate of drug-likeness (QED) is 0.886. The van der Waals surface area contributed by atoms with Gasteiger partial charge in [0.1, 0.15) is 0 Å². The Balaban J connectivity index is 1.83. The van der Waals surface area contributed by atoms with E-state index in [2.05, 4.69) is 51.0 Å². The summed E-state index contributed by atoms with van der Waals surface area (Å²) in [7, 11) is 2.23. The normalized spacial score (nSPS) is 28.1. The highest BCUT2D eigenvalue weighted by atomic mass is 79.9. The van der Waals surface area contributed by atoms with Crippen LogP contribution < -0.4 is 5.73 Å². The highest BCUT2D eigenvalue weighted by Crippen LogP contribution is 2.34. The van der Waals surface area contributed by atoms with Gasteiger partial charge in [-0.1, -0.05) is 22.0 Å². The van der Waals surface area contributed by atoms with Gasteiger partial charge in [0.15, 0.2) is 0 Å². The van der Waals surface area contributed by atoms with Gasteiger partial charge < -0.3 is 10.6 Å². The minimum atomic E-state index is 0.173. The van der Waals surface area contributed by atoms with Crippen molar-refractivity contribution in [1.29, 1.82) is 0 Å². The number of aryl methyl sites for hydroxylation is 1. The molecule has 0 radical (unpaired) electrons. The van der Waals surface area contributed by atoms with E-state index in [1.54, 1.807) is 0 Å². The first-order valence-corrected chi connectivity index (χ1v) is 8.83. The molecule has 3 nitrogen and oxygen atoms in total. The smallest absolute Gasteiger partial charge is 0.0375 e. The Labute approximate surface area is 136 Å². The molecule has 1 aliphatic heterocycles. The Morgan fingerprint density at radius 3 is 2.86 bits per heavy atom. The molecule has 1 saturated heterocycles. The zero-order valence-electron chi connectivity index (χ0n) is 12.9. The molecule has 1 aliphatic carbocycles. The molecule has 1 aromatic carbocycles. The fourth-order valence-electron chi connectivity index (χ4n) is 3.90. The van der Waals surface area contributed by atoms with Gasteiger partial charge in [-0.3, -0.25) is 4.90 Å². The Kier molecular flexibility index (Phi) is 4.69. The zero-order chi connectivity index (χ0) is 14.9.